The van der Waals surface area contributed by atoms with E-state index in [4.69, 9.17) is 9.97 Å². The highest BCUT2D eigenvalue weighted by molar-refractivity contribution is 6.41. The maximum absolute atomic E-state index is 5.70. The zero-order valence-corrected chi connectivity index (χ0v) is 41.0. The predicted octanol–water partition coefficient (Wildman–Crippen LogP) is 19.5. The summed E-state index contributed by atoms with van der Waals surface area (Å²) in [5, 5.41) is 14.7. The van der Waals surface area contributed by atoms with Gasteiger partial charge in [0.2, 0.25) is 0 Å². The summed E-state index contributed by atoms with van der Waals surface area (Å²) in [6, 6.07) is 86.9. The van der Waals surface area contributed by atoms with Crippen LogP contribution in [0, 0.1) is 11.8 Å². The first-order chi connectivity index (χ1) is 37.2. The van der Waals surface area contributed by atoms with Gasteiger partial charge in [-0.2, -0.15) is 0 Å². The zero-order valence-electron chi connectivity index (χ0n) is 41.0. The quantitative estimate of drug-likeness (QED) is 0.112. The van der Waals surface area contributed by atoms with Gasteiger partial charge in [-0.1, -0.05) is 255 Å². The number of aromatic nitrogens is 2. The van der Waals surface area contributed by atoms with Crippen LogP contribution in [0.5, 0.6) is 0 Å². The molecule has 1 saturated carbocycles. The Bertz CT molecular complexity index is 4440. The molecule has 2 aliphatic rings. The second-order valence-electron chi connectivity index (χ2n) is 20.7. The molecule has 2 atom stereocenters. The van der Waals surface area contributed by atoms with Gasteiger partial charge in [-0.25, -0.2) is 9.97 Å². The molecule has 16 rings (SSSR count). The molecule has 0 saturated heterocycles. The molecular weight excluding hydrogens is 905 g/mol. The Morgan fingerprint density at radius 3 is 0.853 bits per heavy atom. The van der Waals surface area contributed by atoms with Crippen LogP contribution in [-0.2, 0) is 0 Å². The van der Waals surface area contributed by atoms with E-state index < -0.39 is 0 Å². The number of fused-ring (bicyclic) bond motifs is 3. The van der Waals surface area contributed by atoms with Gasteiger partial charge in [-0.3, -0.25) is 0 Å². The highest BCUT2D eigenvalue weighted by atomic mass is 14.7. The lowest BCUT2D eigenvalue weighted by Crippen LogP contribution is -1.98. The molecule has 0 bridgehead atoms. The van der Waals surface area contributed by atoms with Crippen molar-refractivity contribution in [1.82, 2.24) is 9.97 Å². The Kier molecular flexibility index (Phi) is 9.26. The van der Waals surface area contributed by atoms with E-state index in [9.17, 15) is 0 Å². The number of nitrogens with zero attached hydrogens (tertiary/aromatic N) is 2. The molecule has 0 amide bonds. The Balaban J connectivity index is 0.937. The fraction of sp³-hybridized carbons (Fsp3) is 0.0411. The Labute approximate surface area is 434 Å². The second kappa shape index (κ2) is 16.5. The molecule has 0 N–H and O–H groups in total. The Morgan fingerprint density at radius 1 is 0.253 bits per heavy atom. The van der Waals surface area contributed by atoms with E-state index in [2.05, 4.69) is 255 Å². The SMILES string of the molecule is C1=CC2CC2C(c2ccc(-c3nc(-c4ccc(-c5ccccc5)cc4)c4ccc5c6ccc7c(-c8ccc(-c9ccccc9)cc8)nc(-c8ccc(-c9ccccc9)cc8)c8ccc(c9ccc3c4c95)c6c87)cc2)=C1. The van der Waals surface area contributed by atoms with E-state index >= 15 is 0 Å². The highest BCUT2D eigenvalue weighted by Gasteiger charge is 2.39. The van der Waals surface area contributed by atoms with Crippen LogP contribution in [0.25, 0.3) is 149 Å². The second-order valence-corrected chi connectivity index (χ2v) is 20.7. The van der Waals surface area contributed by atoms with Gasteiger partial charge in [0.25, 0.3) is 0 Å². The van der Waals surface area contributed by atoms with E-state index in [0.717, 1.165) is 61.2 Å². The average molecular weight is 951 g/mol. The first-order valence-electron chi connectivity index (χ1n) is 26.3. The third-order valence-electron chi connectivity index (χ3n) is 16.5. The lowest BCUT2D eigenvalue weighted by atomic mass is 9.83. The Morgan fingerprint density at radius 2 is 0.520 bits per heavy atom. The molecule has 2 aromatic heterocycles. The summed E-state index contributed by atoms with van der Waals surface area (Å²) in [6.45, 7) is 0. The van der Waals surface area contributed by atoms with Gasteiger partial charge in [0.15, 0.2) is 0 Å². The van der Waals surface area contributed by atoms with Crippen molar-refractivity contribution in [3.63, 3.8) is 0 Å². The molecule has 2 heteroatoms. The van der Waals surface area contributed by atoms with Crippen LogP contribution in [0.15, 0.2) is 255 Å². The van der Waals surface area contributed by atoms with Crippen molar-refractivity contribution in [3.05, 3.63) is 260 Å². The van der Waals surface area contributed by atoms with E-state index in [0.29, 0.717) is 11.8 Å². The number of hydrogen-bond acceptors (Lipinski definition) is 2. The van der Waals surface area contributed by atoms with Gasteiger partial charge in [-0.05, 0) is 95.1 Å². The highest BCUT2D eigenvalue weighted by Crippen LogP contribution is 2.53. The van der Waals surface area contributed by atoms with Crippen LogP contribution >= 0.6 is 0 Å². The van der Waals surface area contributed by atoms with Gasteiger partial charge in [0.05, 0.1) is 22.8 Å². The topological polar surface area (TPSA) is 25.8 Å². The molecule has 0 radical (unpaired) electrons. The number of pyridine rings is 2. The molecule has 1 fully saturated rings. The first kappa shape index (κ1) is 42.1. The minimum absolute atomic E-state index is 0.643. The van der Waals surface area contributed by atoms with Crippen molar-refractivity contribution in [2.24, 2.45) is 11.8 Å². The molecule has 75 heavy (non-hydrogen) atoms. The molecule has 14 aromatic rings. The number of allylic oxidation sites excluding steroid dienone is 4. The summed E-state index contributed by atoms with van der Waals surface area (Å²) in [7, 11) is 0. The van der Waals surface area contributed by atoms with Crippen molar-refractivity contribution in [3.8, 4) is 78.4 Å². The van der Waals surface area contributed by atoms with E-state index in [-0.39, 0.29) is 0 Å². The van der Waals surface area contributed by atoms with Crippen LogP contribution in [0.3, 0.4) is 0 Å². The molecule has 2 nitrogen and oxygen atoms in total. The minimum atomic E-state index is 0.643. The van der Waals surface area contributed by atoms with E-state index in [1.807, 2.05) is 0 Å². The molecule has 2 heterocycles. The molecule has 348 valence electrons. The molecule has 0 spiro atoms. The summed E-state index contributed by atoms with van der Waals surface area (Å²) in [5.74, 6) is 1.33. The summed E-state index contributed by atoms with van der Waals surface area (Å²) in [4.78, 5) is 11.4. The number of rotatable bonds is 8. The smallest absolute Gasteiger partial charge is 0.0788 e. The summed E-state index contributed by atoms with van der Waals surface area (Å²) >= 11 is 0. The van der Waals surface area contributed by atoms with E-state index in [1.54, 1.807) is 0 Å². The van der Waals surface area contributed by atoms with Gasteiger partial charge >= 0.3 is 0 Å². The van der Waals surface area contributed by atoms with Crippen molar-refractivity contribution < 1.29 is 0 Å². The molecule has 2 unspecified atom stereocenters. The average Bonchev–Trinajstić information content (AvgIpc) is 4.32. The molecule has 12 aromatic carbocycles. The normalized spacial score (nSPS) is 15.2. The van der Waals surface area contributed by atoms with Crippen LogP contribution in [0.1, 0.15) is 12.0 Å². The van der Waals surface area contributed by atoms with Crippen molar-refractivity contribution in [1.29, 1.82) is 0 Å². The maximum atomic E-state index is 5.70. The van der Waals surface area contributed by atoms with Gasteiger partial charge in [0, 0.05) is 54.6 Å². The fourth-order valence-corrected chi connectivity index (χ4v) is 12.7. The monoisotopic (exact) mass is 950 g/mol. The standard InChI is InChI=1S/C73H46N2/c1-4-11-44(12-5-1)47-19-27-51(28-20-47)70-61-39-35-57-59-37-41-63-69-64(42-38-60(67(59)69)58-36-40-62(68(61)66(57)58)71(74-70)52-29-21-48(22-30-52)45-13-6-2-7-14-45)73(54-33-25-50(26-34-54)56-18-10-17-55-43-65(55)56)75-72(63)53-31-23-49(24-32-53)46-15-8-3-9-16-46/h1-42,55,65H,43H2. The zero-order chi connectivity index (χ0) is 49.1. The van der Waals surface area contributed by atoms with E-state index in [1.165, 1.54) is 99.4 Å². The Hall–Kier alpha value is -9.50. The summed E-state index contributed by atoms with van der Waals surface area (Å²) in [5.41, 5.74) is 18.3. The molecule has 2 aliphatic carbocycles. The predicted molar refractivity (Wildman–Crippen MR) is 316 cm³/mol. The van der Waals surface area contributed by atoms with Crippen LogP contribution < -0.4 is 0 Å². The van der Waals surface area contributed by atoms with Crippen LogP contribution in [0.2, 0.25) is 0 Å². The lowest BCUT2D eigenvalue weighted by Gasteiger charge is -2.22. The maximum Gasteiger partial charge on any atom is 0.0788 e. The summed E-state index contributed by atoms with van der Waals surface area (Å²) < 4.78 is 0. The number of hydrogen-bond donors (Lipinski definition) is 0. The van der Waals surface area contributed by atoms with Crippen molar-refractivity contribution >= 4 is 70.2 Å². The summed E-state index contributed by atoms with van der Waals surface area (Å²) in [6.07, 6.45) is 8.18. The van der Waals surface area contributed by atoms with Crippen LogP contribution in [0.4, 0.5) is 0 Å². The lowest BCUT2D eigenvalue weighted by molar-refractivity contribution is 0.999. The first-order valence-corrected chi connectivity index (χ1v) is 26.3. The fourth-order valence-electron chi connectivity index (χ4n) is 12.7. The van der Waals surface area contributed by atoms with Gasteiger partial charge in [0.1, 0.15) is 0 Å². The molecular formula is C73H46N2. The van der Waals surface area contributed by atoms with Gasteiger partial charge in [-0.15, -0.1) is 0 Å². The van der Waals surface area contributed by atoms with Crippen molar-refractivity contribution in [2.75, 3.05) is 0 Å². The number of benzene rings is 12. The van der Waals surface area contributed by atoms with Crippen LogP contribution in [-0.4, -0.2) is 9.97 Å². The van der Waals surface area contributed by atoms with Gasteiger partial charge < -0.3 is 0 Å². The largest absolute Gasteiger partial charge is 0.246 e. The molecule has 0 aliphatic heterocycles. The van der Waals surface area contributed by atoms with Crippen molar-refractivity contribution in [2.45, 2.75) is 6.42 Å². The third kappa shape index (κ3) is 6.66. The minimum Gasteiger partial charge on any atom is -0.246 e. The third-order valence-corrected chi connectivity index (χ3v) is 16.5.